The second-order valence-electron chi connectivity index (χ2n) is 10.7. The zero-order valence-electron chi connectivity index (χ0n) is 21.5. The van der Waals surface area contributed by atoms with Crippen molar-refractivity contribution in [2.24, 2.45) is 0 Å². The number of fused-ring (bicyclic) bond motifs is 2. The van der Waals surface area contributed by atoms with Gasteiger partial charge in [-0.15, -0.1) is 0 Å². The van der Waals surface area contributed by atoms with Gasteiger partial charge in [-0.05, 0) is 78.4 Å². The molecule has 2 aromatic rings. The van der Waals surface area contributed by atoms with E-state index in [9.17, 15) is 30.3 Å². The van der Waals surface area contributed by atoms with Gasteiger partial charge in [0, 0.05) is 18.7 Å². The molecular weight excluding hydrogens is 460 g/mol. The second kappa shape index (κ2) is 10.8. The number of para-hydroxylation sites is 1. The van der Waals surface area contributed by atoms with Crippen LogP contribution in [0.2, 0.25) is 0 Å². The summed E-state index contributed by atoms with van der Waals surface area (Å²) in [5.41, 5.74) is 0.451. The van der Waals surface area contributed by atoms with Crippen molar-refractivity contribution >= 4 is 23.0 Å². The van der Waals surface area contributed by atoms with Crippen LogP contribution in [-0.2, 0) is 0 Å². The summed E-state index contributed by atoms with van der Waals surface area (Å²) in [4.78, 5) is 14.9. The predicted molar refractivity (Wildman–Crippen MR) is 141 cm³/mol. The number of rotatable bonds is 10. The highest BCUT2D eigenvalue weighted by Gasteiger charge is 2.30. The molecule has 0 saturated carbocycles. The Morgan fingerprint density at radius 2 is 1.67 bits per heavy atom. The van der Waals surface area contributed by atoms with Crippen LogP contribution in [-0.4, -0.2) is 49.2 Å². The highest BCUT2D eigenvalue weighted by atomic mass is 16.3. The number of phenols is 3. The van der Waals surface area contributed by atoms with Gasteiger partial charge in [0.2, 0.25) is 0 Å². The molecule has 0 aliphatic carbocycles. The molecule has 0 fully saturated rings. The first-order valence-electron chi connectivity index (χ1n) is 12.3. The van der Waals surface area contributed by atoms with E-state index in [-0.39, 0.29) is 46.6 Å². The van der Waals surface area contributed by atoms with E-state index in [0.717, 1.165) is 24.8 Å². The number of hydrogen-bond donors (Lipinski definition) is 6. The van der Waals surface area contributed by atoms with Crippen molar-refractivity contribution in [3.63, 3.8) is 0 Å². The fraction of sp³-hybridized carbons (Fsp3) is 0.464. The van der Waals surface area contributed by atoms with Crippen molar-refractivity contribution in [1.82, 2.24) is 0 Å². The minimum Gasteiger partial charge on any atom is -0.508 e. The lowest BCUT2D eigenvalue weighted by Crippen LogP contribution is -2.30. The summed E-state index contributed by atoms with van der Waals surface area (Å²) >= 11 is 0. The first-order valence-corrected chi connectivity index (χ1v) is 12.3. The Hall–Kier alpha value is -3.23. The highest BCUT2D eigenvalue weighted by molar-refractivity contribution is 6.15. The van der Waals surface area contributed by atoms with Gasteiger partial charge in [0.15, 0.2) is 0 Å². The van der Waals surface area contributed by atoms with E-state index >= 15 is 0 Å². The third-order valence-electron chi connectivity index (χ3n) is 6.55. The number of carbonyl (C=O) groups is 1. The van der Waals surface area contributed by atoms with E-state index in [1.54, 1.807) is 26.0 Å². The average molecular weight is 499 g/mol. The molecule has 1 aliphatic rings. The Kier molecular flexibility index (Phi) is 8.21. The zero-order chi connectivity index (χ0) is 26.7. The van der Waals surface area contributed by atoms with Gasteiger partial charge in [0.1, 0.15) is 22.9 Å². The number of aliphatic hydroxyl groups is 2. The van der Waals surface area contributed by atoms with E-state index in [1.165, 1.54) is 23.1 Å². The molecule has 1 heterocycles. The Morgan fingerprint density at radius 1 is 0.972 bits per heavy atom. The molecule has 0 aromatic heterocycles. The van der Waals surface area contributed by atoms with Crippen molar-refractivity contribution < 1.29 is 30.3 Å². The molecule has 196 valence electrons. The van der Waals surface area contributed by atoms with Crippen LogP contribution in [0.5, 0.6) is 17.2 Å². The predicted octanol–water partition coefficient (Wildman–Crippen LogP) is 5.32. The maximum Gasteiger partial charge on any atom is 0.260 e. The number of anilines is 3. The lowest BCUT2D eigenvalue weighted by atomic mass is 9.89. The molecule has 0 saturated heterocycles. The van der Waals surface area contributed by atoms with Gasteiger partial charge in [-0.1, -0.05) is 17.7 Å². The summed E-state index contributed by atoms with van der Waals surface area (Å²) < 4.78 is 0. The van der Waals surface area contributed by atoms with Crippen molar-refractivity contribution in [1.29, 1.82) is 0 Å². The van der Waals surface area contributed by atoms with E-state index in [4.69, 9.17) is 0 Å². The number of carbonyl (C=O) groups excluding carboxylic acids is 1. The lowest BCUT2D eigenvalue weighted by Gasteiger charge is -2.25. The first-order chi connectivity index (χ1) is 16.8. The molecule has 0 spiro atoms. The molecule has 0 radical (unpaired) electrons. The molecule has 8 nitrogen and oxygen atoms in total. The molecule has 2 aromatic carbocycles. The van der Waals surface area contributed by atoms with Gasteiger partial charge in [0.05, 0.1) is 28.1 Å². The molecule has 36 heavy (non-hydrogen) atoms. The summed E-state index contributed by atoms with van der Waals surface area (Å²) in [6, 6.07) is 7.20. The normalized spacial score (nSPS) is 15.6. The number of benzene rings is 2. The molecule has 1 unspecified atom stereocenters. The second-order valence-corrected chi connectivity index (χ2v) is 10.7. The Morgan fingerprint density at radius 3 is 2.36 bits per heavy atom. The van der Waals surface area contributed by atoms with Crippen LogP contribution in [0.3, 0.4) is 0 Å². The topological polar surface area (TPSA) is 133 Å². The van der Waals surface area contributed by atoms with Crippen LogP contribution < -0.4 is 10.2 Å². The minimum absolute atomic E-state index is 0.123. The SMILES string of the molecule is CC(=CCN1C(=O)c2cccc(O)c2Nc2c(O)cc(O)cc21)CCCC(C)(O)CCCC(C)(C)O. The monoisotopic (exact) mass is 498 g/mol. The Bertz CT molecular complexity index is 1130. The van der Waals surface area contributed by atoms with Crippen molar-refractivity contribution in [3.8, 4) is 17.2 Å². The largest absolute Gasteiger partial charge is 0.508 e. The van der Waals surface area contributed by atoms with Gasteiger partial charge in [-0.3, -0.25) is 4.79 Å². The third-order valence-corrected chi connectivity index (χ3v) is 6.55. The number of nitrogens with one attached hydrogen (secondary N) is 1. The molecule has 3 rings (SSSR count). The van der Waals surface area contributed by atoms with Gasteiger partial charge in [-0.2, -0.15) is 0 Å². The highest BCUT2D eigenvalue weighted by Crippen LogP contribution is 2.45. The molecule has 6 N–H and O–H groups in total. The van der Waals surface area contributed by atoms with E-state index in [1.807, 2.05) is 19.9 Å². The fourth-order valence-electron chi connectivity index (χ4n) is 4.47. The molecule has 0 bridgehead atoms. The summed E-state index contributed by atoms with van der Waals surface area (Å²) in [7, 11) is 0. The van der Waals surface area contributed by atoms with Gasteiger partial charge in [0.25, 0.3) is 5.91 Å². The molecular formula is C28H38N2O6. The average Bonchev–Trinajstić information content (AvgIpc) is 2.86. The summed E-state index contributed by atoms with van der Waals surface area (Å²) in [5, 5.41) is 54.4. The quantitative estimate of drug-likeness (QED) is 0.148. The van der Waals surface area contributed by atoms with Crippen molar-refractivity contribution in [2.45, 2.75) is 77.4 Å². The van der Waals surface area contributed by atoms with E-state index in [2.05, 4.69) is 5.32 Å². The van der Waals surface area contributed by atoms with Crippen LogP contribution in [0.25, 0.3) is 0 Å². The van der Waals surface area contributed by atoms with E-state index < -0.39 is 11.2 Å². The van der Waals surface area contributed by atoms with Crippen LogP contribution in [0.1, 0.15) is 76.6 Å². The summed E-state index contributed by atoms with van der Waals surface area (Å²) in [6.45, 7) is 7.51. The zero-order valence-corrected chi connectivity index (χ0v) is 21.5. The molecule has 1 amide bonds. The van der Waals surface area contributed by atoms with Gasteiger partial charge < -0.3 is 35.7 Å². The maximum atomic E-state index is 13.4. The Balaban J connectivity index is 1.72. The summed E-state index contributed by atoms with van der Waals surface area (Å²) in [5.74, 6) is -0.932. The fourth-order valence-corrected chi connectivity index (χ4v) is 4.47. The number of allylic oxidation sites excluding steroid dienone is 1. The molecule has 1 aliphatic heterocycles. The maximum absolute atomic E-state index is 13.4. The number of hydrogen-bond acceptors (Lipinski definition) is 7. The Labute approximate surface area is 212 Å². The minimum atomic E-state index is -0.808. The third kappa shape index (κ3) is 6.92. The number of aromatic hydroxyl groups is 3. The van der Waals surface area contributed by atoms with Crippen molar-refractivity contribution in [2.75, 3.05) is 16.8 Å². The number of phenolic OH excluding ortho intramolecular Hbond substituents is 3. The smallest absolute Gasteiger partial charge is 0.260 e. The van der Waals surface area contributed by atoms with Gasteiger partial charge in [-0.25, -0.2) is 0 Å². The number of amides is 1. The molecule has 8 heteroatoms. The van der Waals surface area contributed by atoms with Crippen LogP contribution >= 0.6 is 0 Å². The molecule has 1 atom stereocenters. The number of nitrogens with zero attached hydrogens (tertiary/aromatic N) is 1. The lowest BCUT2D eigenvalue weighted by molar-refractivity contribution is 0.0226. The van der Waals surface area contributed by atoms with Crippen molar-refractivity contribution in [3.05, 3.63) is 47.5 Å². The van der Waals surface area contributed by atoms with Crippen LogP contribution in [0, 0.1) is 0 Å². The van der Waals surface area contributed by atoms with Gasteiger partial charge >= 0.3 is 0 Å². The van der Waals surface area contributed by atoms with Crippen LogP contribution in [0.4, 0.5) is 17.1 Å². The standard InChI is InChI=1S/C28H38N2O6/c1-18(8-6-13-28(4,36)14-7-12-27(2,3)35)11-15-30-21-16-19(31)17-23(33)25(21)29-24-20(26(30)34)9-5-10-22(24)32/h5,9-11,16-17,29,31-33,35-36H,6-8,12-15H2,1-4H3. The summed E-state index contributed by atoms with van der Waals surface area (Å²) in [6.07, 6.45) is 6.03. The van der Waals surface area contributed by atoms with E-state index in [0.29, 0.717) is 24.9 Å². The van der Waals surface area contributed by atoms with Crippen LogP contribution in [0.15, 0.2) is 42.0 Å². The first kappa shape index (κ1) is 27.4.